The zero-order valence-electron chi connectivity index (χ0n) is 14.1. The van der Waals surface area contributed by atoms with Crippen LogP contribution in [0, 0.1) is 5.82 Å². The molecule has 4 rings (SSSR count). The molecule has 0 N–H and O–H groups in total. The lowest BCUT2D eigenvalue weighted by atomic mass is 10.1. The largest absolute Gasteiger partial charge is 0.336 e. The van der Waals surface area contributed by atoms with Gasteiger partial charge in [0.1, 0.15) is 10.8 Å². The molecule has 0 aliphatic carbocycles. The Morgan fingerprint density at radius 2 is 1.85 bits per heavy atom. The number of aromatic nitrogens is 1. The quantitative estimate of drug-likeness (QED) is 0.680. The Kier molecular flexibility index (Phi) is 5.10. The molecule has 1 saturated heterocycles. The van der Waals surface area contributed by atoms with Gasteiger partial charge in [0, 0.05) is 43.7 Å². The second-order valence-corrected chi connectivity index (χ2v) is 8.00. The first-order valence-corrected chi connectivity index (χ1v) is 10.2. The zero-order valence-corrected chi connectivity index (χ0v) is 15.7. The normalized spacial score (nSPS) is 15.3. The van der Waals surface area contributed by atoms with Crippen LogP contribution in [0.3, 0.4) is 0 Å². The van der Waals surface area contributed by atoms with Crippen LogP contribution in [0.15, 0.2) is 47.2 Å². The van der Waals surface area contributed by atoms with Crippen LogP contribution >= 0.6 is 22.7 Å². The number of nitrogens with zero attached hydrogens (tertiary/aromatic N) is 3. The van der Waals surface area contributed by atoms with Crippen LogP contribution in [0.1, 0.15) is 16.1 Å². The number of thiophene rings is 1. The molecule has 0 unspecified atom stereocenters. The Labute approximate surface area is 159 Å². The molecule has 0 radical (unpaired) electrons. The van der Waals surface area contributed by atoms with Crippen molar-refractivity contribution in [2.45, 2.75) is 6.54 Å². The van der Waals surface area contributed by atoms with Gasteiger partial charge in [0.15, 0.2) is 0 Å². The summed E-state index contributed by atoms with van der Waals surface area (Å²) in [6, 6.07) is 9.89. The minimum Gasteiger partial charge on any atom is -0.336 e. The molecule has 1 aliphatic heterocycles. The van der Waals surface area contributed by atoms with Crippen LogP contribution in [-0.4, -0.2) is 46.9 Å². The molecule has 0 atom stereocenters. The third kappa shape index (κ3) is 3.85. The van der Waals surface area contributed by atoms with Gasteiger partial charge in [-0.15, -0.1) is 22.7 Å². The minimum absolute atomic E-state index is 0.0294. The summed E-state index contributed by atoms with van der Waals surface area (Å²) in [5, 5.41) is 5.25. The van der Waals surface area contributed by atoms with Gasteiger partial charge >= 0.3 is 0 Å². The van der Waals surface area contributed by atoms with Crippen molar-refractivity contribution < 1.29 is 9.18 Å². The van der Waals surface area contributed by atoms with Gasteiger partial charge in [0.05, 0.1) is 10.6 Å². The predicted molar refractivity (Wildman–Crippen MR) is 103 cm³/mol. The zero-order chi connectivity index (χ0) is 17.9. The van der Waals surface area contributed by atoms with Crippen molar-refractivity contribution >= 4 is 28.6 Å². The average molecular weight is 388 g/mol. The molecule has 1 aromatic carbocycles. The van der Waals surface area contributed by atoms with Crippen LogP contribution in [0.25, 0.3) is 9.88 Å². The number of carbonyl (C=O) groups is 1. The van der Waals surface area contributed by atoms with E-state index in [9.17, 15) is 9.18 Å². The van der Waals surface area contributed by atoms with Crippen molar-refractivity contribution in [2.24, 2.45) is 0 Å². The number of benzene rings is 1. The molecule has 0 spiro atoms. The number of piperazine rings is 1. The standard InChI is InChI=1S/C19H18FN3OS2/c20-15-5-3-14(4-6-15)19(24)23-9-7-22(8-10-23)12-16-13-26-18(21-16)17-2-1-11-25-17/h1-6,11,13H,7-10,12H2. The molecular weight excluding hydrogens is 369 g/mol. The summed E-state index contributed by atoms with van der Waals surface area (Å²) in [6.07, 6.45) is 0. The molecule has 0 saturated carbocycles. The van der Waals surface area contributed by atoms with Gasteiger partial charge in [-0.3, -0.25) is 9.69 Å². The van der Waals surface area contributed by atoms with Gasteiger partial charge in [-0.25, -0.2) is 9.37 Å². The molecule has 1 aliphatic rings. The number of thiazole rings is 1. The number of amides is 1. The summed E-state index contributed by atoms with van der Waals surface area (Å²) >= 11 is 3.38. The van der Waals surface area contributed by atoms with Crippen molar-refractivity contribution in [3.05, 3.63) is 64.2 Å². The van der Waals surface area contributed by atoms with Gasteiger partial charge in [-0.05, 0) is 35.7 Å². The molecule has 1 fully saturated rings. The lowest BCUT2D eigenvalue weighted by Gasteiger charge is -2.34. The topological polar surface area (TPSA) is 36.4 Å². The smallest absolute Gasteiger partial charge is 0.253 e. The van der Waals surface area contributed by atoms with E-state index >= 15 is 0 Å². The molecule has 2 aromatic heterocycles. The van der Waals surface area contributed by atoms with Gasteiger partial charge in [-0.1, -0.05) is 6.07 Å². The monoisotopic (exact) mass is 387 g/mol. The minimum atomic E-state index is -0.323. The lowest BCUT2D eigenvalue weighted by molar-refractivity contribution is 0.0627. The summed E-state index contributed by atoms with van der Waals surface area (Å²) in [4.78, 5) is 22.6. The van der Waals surface area contributed by atoms with E-state index in [1.54, 1.807) is 34.8 Å². The van der Waals surface area contributed by atoms with Crippen LogP contribution in [0.5, 0.6) is 0 Å². The average Bonchev–Trinajstić information content (AvgIpc) is 3.34. The van der Waals surface area contributed by atoms with E-state index in [1.165, 1.54) is 17.0 Å². The maximum absolute atomic E-state index is 13.0. The highest BCUT2D eigenvalue weighted by Crippen LogP contribution is 2.28. The highest BCUT2D eigenvalue weighted by atomic mass is 32.1. The molecular formula is C19H18FN3OS2. The van der Waals surface area contributed by atoms with Crippen molar-refractivity contribution in [3.63, 3.8) is 0 Å². The maximum atomic E-state index is 13.0. The number of hydrogen-bond donors (Lipinski definition) is 0. The Morgan fingerprint density at radius 1 is 1.08 bits per heavy atom. The number of carbonyl (C=O) groups excluding carboxylic acids is 1. The fourth-order valence-electron chi connectivity index (χ4n) is 3.01. The Hall–Kier alpha value is -2.09. The van der Waals surface area contributed by atoms with Crippen LogP contribution < -0.4 is 0 Å². The second kappa shape index (κ2) is 7.65. The molecule has 0 bridgehead atoms. The molecule has 3 heterocycles. The molecule has 26 heavy (non-hydrogen) atoms. The van der Waals surface area contributed by atoms with E-state index in [-0.39, 0.29) is 11.7 Å². The van der Waals surface area contributed by atoms with Gasteiger partial charge in [-0.2, -0.15) is 0 Å². The fraction of sp³-hybridized carbons (Fsp3) is 0.263. The van der Waals surface area contributed by atoms with Crippen molar-refractivity contribution in [2.75, 3.05) is 26.2 Å². The summed E-state index contributed by atoms with van der Waals surface area (Å²) in [5.74, 6) is -0.352. The molecule has 1 amide bonds. The van der Waals surface area contributed by atoms with Crippen LogP contribution in [-0.2, 0) is 6.54 Å². The van der Waals surface area contributed by atoms with Gasteiger partial charge in [0.25, 0.3) is 5.91 Å². The Bertz CT molecular complexity index is 869. The summed E-state index contributed by atoms with van der Waals surface area (Å²) in [5.41, 5.74) is 1.62. The van der Waals surface area contributed by atoms with E-state index in [2.05, 4.69) is 21.7 Å². The van der Waals surface area contributed by atoms with E-state index < -0.39 is 0 Å². The highest BCUT2D eigenvalue weighted by molar-refractivity contribution is 7.20. The first-order valence-electron chi connectivity index (χ1n) is 8.44. The summed E-state index contributed by atoms with van der Waals surface area (Å²) < 4.78 is 13.0. The maximum Gasteiger partial charge on any atom is 0.253 e. The highest BCUT2D eigenvalue weighted by Gasteiger charge is 2.22. The van der Waals surface area contributed by atoms with E-state index in [0.29, 0.717) is 18.7 Å². The lowest BCUT2D eigenvalue weighted by Crippen LogP contribution is -2.48. The van der Waals surface area contributed by atoms with Crippen molar-refractivity contribution in [1.29, 1.82) is 0 Å². The Balaban J connectivity index is 1.32. The van der Waals surface area contributed by atoms with Gasteiger partial charge < -0.3 is 4.90 Å². The third-order valence-corrected chi connectivity index (χ3v) is 6.35. The van der Waals surface area contributed by atoms with Crippen LogP contribution in [0.2, 0.25) is 0 Å². The van der Waals surface area contributed by atoms with Crippen molar-refractivity contribution in [1.82, 2.24) is 14.8 Å². The van der Waals surface area contributed by atoms with E-state index in [4.69, 9.17) is 4.98 Å². The molecule has 3 aromatic rings. The van der Waals surface area contributed by atoms with Crippen molar-refractivity contribution in [3.8, 4) is 9.88 Å². The van der Waals surface area contributed by atoms with Gasteiger partial charge in [0.2, 0.25) is 0 Å². The Morgan fingerprint density at radius 3 is 2.54 bits per heavy atom. The molecule has 134 valence electrons. The molecule has 4 nitrogen and oxygen atoms in total. The summed E-state index contributed by atoms with van der Waals surface area (Å²) in [6.45, 7) is 3.80. The third-order valence-electron chi connectivity index (χ3n) is 4.42. The first-order chi connectivity index (χ1) is 12.7. The number of hydrogen-bond acceptors (Lipinski definition) is 5. The SMILES string of the molecule is O=C(c1ccc(F)cc1)N1CCN(Cc2csc(-c3cccs3)n2)CC1. The summed E-state index contributed by atoms with van der Waals surface area (Å²) in [7, 11) is 0. The van der Waals surface area contributed by atoms with E-state index in [1.807, 2.05) is 11.0 Å². The predicted octanol–water partition coefficient (Wildman–Crippen LogP) is 3.97. The van der Waals surface area contributed by atoms with E-state index in [0.717, 1.165) is 30.3 Å². The first kappa shape index (κ1) is 17.3. The number of rotatable bonds is 4. The number of halogens is 1. The second-order valence-electron chi connectivity index (χ2n) is 6.20. The van der Waals surface area contributed by atoms with Crippen LogP contribution in [0.4, 0.5) is 4.39 Å². The fourth-order valence-corrected chi connectivity index (χ4v) is 4.63. The molecule has 7 heteroatoms.